The molecule has 0 spiro atoms. The molecule has 0 radical (unpaired) electrons. The molecule has 2 aromatic rings. The summed E-state index contributed by atoms with van der Waals surface area (Å²) in [5, 5.41) is 0.903. The van der Waals surface area contributed by atoms with Gasteiger partial charge >= 0.3 is 18.9 Å². The fourth-order valence-corrected chi connectivity index (χ4v) is 4.34. The zero-order valence-electron chi connectivity index (χ0n) is 18.6. The predicted molar refractivity (Wildman–Crippen MR) is 127 cm³/mol. The number of hydrogen-bond donors (Lipinski definition) is 0. The second-order valence-electron chi connectivity index (χ2n) is 9.31. The van der Waals surface area contributed by atoms with Crippen molar-refractivity contribution in [2.45, 2.75) is 73.5 Å². The third kappa shape index (κ3) is 7.82. The molecule has 0 aliphatic rings. The van der Waals surface area contributed by atoms with E-state index in [9.17, 15) is 4.79 Å². The van der Waals surface area contributed by atoms with Crippen molar-refractivity contribution in [3.8, 4) is 11.5 Å². The van der Waals surface area contributed by atoms with E-state index in [1.54, 1.807) is 0 Å². The third-order valence-corrected chi connectivity index (χ3v) is 5.11. The molecule has 5 heteroatoms. The Morgan fingerprint density at radius 2 is 1.34 bits per heavy atom. The second-order valence-corrected chi connectivity index (χ2v) is 10.6. The van der Waals surface area contributed by atoms with Crippen molar-refractivity contribution in [1.82, 2.24) is 0 Å². The molecule has 0 aliphatic carbocycles. The first-order valence-corrected chi connectivity index (χ1v) is 10.7. The van der Waals surface area contributed by atoms with Crippen molar-refractivity contribution < 1.29 is 14.3 Å². The zero-order chi connectivity index (χ0) is 21.3. The van der Waals surface area contributed by atoms with E-state index in [0.29, 0.717) is 5.75 Å². The third-order valence-electron chi connectivity index (χ3n) is 3.95. The summed E-state index contributed by atoms with van der Waals surface area (Å²) < 4.78 is 12.2. The molecule has 0 N–H and O–H groups in total. The Morgan fingerprint density at radius 1 is 0.828 bits per heavy atom. The molecule has 0 aromatic heterocycles. The molecular formula is C24H34LiO3P. The summed E-state index contributed by atoms with van der Waals surface area (Å²) >= 11 is 0. The summed E-state index contributed by atoms with van der Waals surface area (Å²) in [4.78, 5) is 13.1. The number of ether oxygens (including phenoxy) is 2. The Balaban J connectivity index is 0.00000420. The predicted octanol–water partition coefficient (Wildman–Crippen LogP) is 5.46. The average Bonchev–Trinajstić information content (AvgIpc) is 2.45. The number of hydrogen-bond acceptors (Lipinski definition) is 3. The van der Waals surface area contributed by atoms with Gasteiger partial charge in [-0.3, -0.25) is 4.79 Å². The summed E-state index contributed by atoms with van der Waals surface area (Å²) in [6.45, 7) is 18.1. The zero-order valence-corrected chi connectivity index (χ0v) is 19.6. The van der Waals surface area contributed by atoms with Crippen LogP contribution >= 0.6 is 8.58 Å². The van der Waals surface area contributed by atoms with Crippen molar-refractivity contribution in [3.63, 3.8) is 0 Å². The molecule has 1 atom stereocenters. The standard InChI is InChI=1S/C24H33O3P.Li.H/c1-15-12-16(2)21(17(3)13-15)22(25)28-20-11-10-18(26-23(4,5)6)14-19(20)27-24(7,8)9;;/h10-14,28H,1-9H3;;. The second kappa shape index (κ2) is 9.70. The molecule has 0 saturated heterocycles. The van der Waals surface area contributed by atoms with E-state index >= 15 is 0 Å². The Morgan fingerprint density at radius 3 is 1.83 bits per heavy atom. The number of carbonyl (C=O) groups excluding carboxylic acids is 1. The number of aryl methyl sites for hydroxylation is 3. The molecule has 2 rings (SSSR count). The average molecular weight is 408 g/mol. The summed E-state index contributed by atoms with van der Waals surface area (Å²) in [6.07, 6.45) is 0. The van der Waals surface area contributed by atoms with Crippen LogP contribution in [-0.4, -0.2) is 35.6 Å². The maximum absolute atomic E-state index is 13.1. The van der Waals surface area contributed by atoms with Gasteiger partial charge < -0.3 is 9.47 Å². The SMILES string of the molecule is Cc1cc(C)c(C(=O)Pc2ccc(OC(C)(C)C)cc2OC(C)(C)C)c(C)c1.[LiH]. The summed E-state index contributed by atoms with van der Waals surface area (Å²) in [5.41, 5.74) is 3.53. The Bertz CT molecular complexity index is 854. The molecule has 0 heterocycles. The van der Waals surface area contributed by atoms with Crippen LogP contribution in [0.5, 0.6) is 11.5 Å². The van der Waals surface area contributed by atoms with Crippen LogP contribution in [0.1, 0.15) is 68.6 Å². The monoisotopic (exact) mass is 408 g/mol. The van der Waals surface area contributed by atoms with Crippen molar-refractivity contribution in [3.05, 3.63) is 52.6 Å². The van der Waals surface area contributed by atoms with Gasteiger partial charge in [0.05, 0.1) is 0 Å². The van der Waals surface area contributed by atoms with Gasteiger partial charge in [-0.05, 0) is 94.2 Å². The van der Waals surface area contributed by atoms with Gasteiger partial charge in [-0.1, -0.05) is 17.7 Å². The van der Waals surface area contributed by atoms with Gasteiger partial charge in [-0.25, -0.2) is 0 Å². The van der Waals surface area contributed by atoms with Crippen LogP contribution in [0.3, 0.4) is 0 Å². The van der Waals surface area contributed by atoms with E-state index < -0.39 is 0 Å². The van der Waals surface area contributed by atoms with Crippen molar-refractivity contribution in [2.75, 3.05) is 0 Å². The normalized spacial score (nSPS) is 12.0. The van der Waals surface area contributed by atoms with Gasteiger partial charge in [0.25, 0.3) is 0 Å². The van der Waals surface area contributed by atoms with Gasteiger partial charge in [-0.2, -0.15) is 0 Å². The van der Waals surface area contributed by atoms with E-state index in [-0.39, 0.29) is 44.2 Å². The number of carbonyl (C=O) groups is 1. The Hall–Kier alpha value is -1.26. The molecule has 0 amide bonds. The van der Waals surface area contributed by atoms with Crippen LogP contribution in [0.2, 0.25) is 0 Å². The topological polar surface area (TPSA) is 35.5 Å². The van der Waals surface area contributed by atoms with E-state index in [1.165, 1.54) is 5.56 Å². The van der Waals surface area contributed by atoms with E-state index in [2.05, 4.69) is 19.1 Å². The first kappa shape index (κ1) is 25.8. The molecule has 0 saturated carbocycles. The van der Waals surface area contributed by atoms with Gasteiger partial charge in [0.2, 0.25) is 0 Å². The fraction of sp³-hybridized carbons (Fsp3) is 0.458. The first-order chi connectivity index (χ1) is 12.7. The minimum absolute atomic E-state index is 0. The molecular weight excluding hydrogens is 374 g/mol. The summed E-state index contributed by atoms with van der Waals surface area (Å²) in [7, 11) is -0.00504. The quantitative estimate of drug-likeness (QED) is 0.487. The van der Waals surface area contributed by atoms with E-state index in [1.807, 2.05) is 73.6 Å². The Labute approximate surface area is 189 Å². The van der Waals surface area contributed by atoms with Crippen molar-refractivity contribution >= 4 is 38.3 Å². The van der Waals surface area contributed by atoms with Gasteiger partial charge in [0, 0.05) is 16.9 Å². The fourth-order valence-electron chi connectivity index (χ4n) is 3.16. The Kier molecular flexibility index (Phi) is 8.62. The van der Waals surface area contributed by atoms with Crippen LogP contribution in [0.25, 0.3) is 0 Å². The summed E-state index contributed by atoms with van der Waals surface area (Å²) in [6, 6.07) is 9.92. The van der Waals surface area contributed by atoms with Crippen molar-refractivity contribution in [1.29, 1.82) is 0 Å². The molecule has 2 aromatic carbocycles. The molecule has 3 nitrogen and oxygen atoms in total. The molecule has 0 aliphatic heterocycles. The molecule has 29 heavy (non-hydrogen) atoms. The van der Waals surface area contributed by atoms with Crippen LogP contribution in [0, 0.1) is 20.8 Å². The molecule has 0 bridgehead atoms. The van der Waals surface area contributed by atoms with Crippen molar-refractivity contribution in [2.24, 2.45) is 0 Å². The van der Waals surface area contributed by atoms with Crippen LogP contribution in [-0.2, 0) is 0 Å². The van der Waals surface area contributed by atoms with Crippen LogP contribution in [0.15, 0.2) is 30.3 Å². The van der Waals surface area contributed by atoms with E-state index in [4.69, 9.17) is 9.47 Å². The number of rotatable bonds is 5. The summed E-state index contributed by atoms with van der Waals surface area (Å²) in [5.74, 6) is 1.46. The number of benzene rings is 2. The van der Waals surface area contributed by atoms with Gasteiger partial charge in [0.1, 0.15) is 22.7 Å². The maximum atomic E-state index is 13.1. The van der Waals surface area contributed by atoms with Gasteiger partial charge in [0.15, 0.2) is 5.52 Å². The van der Waals surface area contributed by atoms with Crippen LogP contribution in [0.4, 0.5) is 0 Å². The van der Waals surface area contributed by atoms with E-state index in [0.717, 1.165) is 27.7 Å². The molecule has 1 unspecified atom stereocenters. The molecule has 154 valence electrons. The first-order valence-electron chi connectivity index (χ1n) is 9.66. The van der Waals surface area contributed by atoms with Crippen LogP contribution < -0.4 is 14.8 Å². The van der Waals surface area contributed by atoms with Gasteiger partial charge in [-0.15, -0.1) is 0 Å². The molecule has 0 fully saturated rings. The minimum atomic E-state index is -0.363.